The van der Waals surface area contributed by atoms with E-state index in [9.17, 15) is 13.2 Å². The number of anilines is 1. The van der Waals surface area contributed by atoms with Crippen LogP contribution in [0, 0.1) is 6.92 Å². The molecule has 0 amide bonds. The van der Waals surface area contributed by atoms with Crippen LogP contribution in [0.3, 0.4) is 0 Å². The molecule has 0 unspecified atom stereocenters. The fraction of sp³-hybridized carbons (Fsp3) is 0.154. The van der Waals surface area contributed by atoms with Gasteiger partial charge in [0.05, 0.1) is 16.9 Å². The topological polar surface area (TPSA) is 48.1 Å². The number of rotatable bonds is 2. The number of ether oxygens (including phenoxy) is 1. The molecule has 2 aromatic rings. The highest BCUT2D eigenvalue weighted by molar-refractivity contribution is 6.32. The second-order valence-electron chi connectivity index (χ2n) is 4.14. The van der Waals surface area contributed by atoms with Gasteiger partial charge in [0.2, 0.25) is 0 Å². The Balaban J connectivity index is 2.38. The lowest BCUT2D eigenvalue weighted by atomic mass is 10.2. The molecule has 0 aliphatic heterocycles. The number of halogens is 4. The number of hydrogen-bond donors (Lipinski definition) is 1. The minimum Gasteiger partial charge on any atom is -0.453 e. The zero-order valence-corrected chi connectivity index (χ0v) is 11.1. The SMILES string of the molecule is Cc1ccc(Oc2cc(C(F)(F)F)ncc2N)c(Cl)c1. The standard InChI is InChI=1S/C13H10ClF3N2O/c1-7-2-3-10(8(14)4-7)20-11-5-12(13(15,16)17)19-6-9(11)18/h2-6H,18H2,1H3. The third-order valence-corrected chi connectivity index (χ3v) is 2.79. The predicted octanol–water partition coefficient (Wildman–Crippen LogP) is 4.44. The van der Waals surface area contributed by atoms with Gasteiger partial charge in [-0.15, -0.1) is 0 Å². The third kappa shape index (κ3) is 3.14. The van der Waals surface area contributed by atoms with Crippen molar-refractivity contribution in [3.05, 3.63) is 46.7 Å². The Morgan fingerprint density at radius 2 is 1.90 bits per heavy atom. The number of aromatic nitrogens is 1. The van der Waals surface area contributed by atoms with E-state index in [0.29, 0.717) is 0 Å². The molecule has 0 radical (unpaired) electrons. The summed E-state index contributed by atoms with van der Waals surface area (Å²) in [5, 5.41) is 0.287. The van der Waals surface area contributed by atoms with Crippen molar-refractivity contribution >= 4 is 17.3 Å². The van der Waals surface area contributed by atoms with E-state index in [1.807, 2.05) is 6.92 Å². The Labute approximate surface area is 118 Å². The van der Waals surface area contributed by atoms with Crippen LogP contribution in [0.1, 0.15) is 11.3 Å². The van der Waals surface area contributed by atoms with E-state index in [1.54, 1.807) is 18.2 Å². The molecule has 0 aliphatic rings. The molecule has 3 nitrogen and oxygen atoms in total. The maximum absolute atomic E-state index is 12.6. The largest absolute Gasteiger partial charge is 0.453 e. The van der Waals surface area contributed by atoms with Crippen LogP contribution in [0.15, 0.2) is 30.5 Å². The summed E-state index contributed by atoms with van der Waals surface area (Å²) in [5.41, 5.74) is 5.38. The van der Waals surface area contributed by atoms with Crippen LogP contribution >= 0.6 is 11.6 Å². The van der Waals surface area contributed by atoms with E-state index in [-0.39, 0.29) is 22.2 Å². The zero-order valence-electron chi connectivity index (χ0n) is 10.3. The fourth-order valence-corrected chi connectivity index (χ4v) is 1.77. The predicted molar refractivity (Wildman–Crippen MR) is 69.9 cm³/mol. The molecule has 0 aliphatic carbocycles. The summed E-state index contributed by atoms with van der Waals surface area (Å²) >= 11 is 5.96. The van der Waals surface area contributed by atoms with E-state index in [2.05, 4.69) is 4.98 Å². The van der Waals surface area contributed by atoms with E-state index in [4.69, 9.17) is 22.1 Å². The lowest BCUT2D eigenvalue weighted by Gasteiger charge is -2.12. The van der Waals surface area contributed by atoms with Crippen molar-refractivity contribution in [1.29, 1.82) is 0 Å². The summed E-state index contributed by atoms with van der Waals surface area (Å²) in [6.45, 7) is 1.83. The molecular formula is C13H10ClF3N2O. The monoisotopic (exact) mass is 302 g/mol. The summed E-state index contributed by atoms with van der Waals surface area (Å²) in [4.78, 5) is 3.23. The van der Waals surface area contributed by atoms with Crippen molar-refractivity contribution < 1.29 is 17.9 Å². The van der Waals surface area contributed by atoms with Crippen LogP contribution < -0.4 is 10.5 Å². The molecule has 0 bridgehead atoms. The number of pyridine rings is 1. The van der Waals surface area contributed by atoms with Crippen LogP contribution in [0.2, 0.25) is 5.02 Å². The molecular weight excluding hydrogens is 293 g/mol. The number of benzene rings is 1. The molecule has 1 heterocycles. The van der Waals surface area contributed by atoms with Crippen molar-refractivity contribution in [1.82, 2.24) is 4.98 Å². The van der Waals surface area contributed by atoms with Crippen molar-refractivity contribution in [2.75, 3.05) is 5.73 Å². The third-order valence-electron chi connectivity index (χ3n) is 2.49. The lowest BCUT2D eigenvalue weighted by Crippen LogP contribution is -2.08. The maximum Gasteiger partial charge on any atom is 0.433 e. The van der Waals surface area contributed by atoms with Gasteiger partial charge < -0.3 is 10.5 Å². The van der Waals surface area contributed by atoms with Crippen molar-refractivity contribution in [3.63, 3.8) is 0 Å². The highest BCUT2D eigenvalue weighted by Gasteiger charge is 2.33. The van der Waals surface area contributed by atoms with Gasteiger partial charge in [0.25, 0.3) is 0 Å². The molecule has 2 rings (SSSR count). The van der Waals surface area contributed by atoms with E-state index in [0.717, 1.165) is 17.8 Å². The van der Waals surface area contributed by atoms with Crippen LogP contribution in [0.5, 0.6) is 11.5 Å². The number of hydrogen-bond acceptors (Lipinski definition) is 3. The number of nitrogen functional groups attached to an aromatic ring is 1. The molecule has 0 fully saturated rings. The Hall–Kier alpha value is -1.95. The number of nitrogens with zero attached hydrogens (tertiary/aromatic N) is 1. The van der Waals surface area contributed by atoms with Gasteiger partial charge >= 0.3 is 6.18 Å². The summed E-state index contributed by atoms with van der Waals surface area (Å²) in [7, 11) is 0. The summed E-state index contributed by atoms with van der Waals surface area (Å²) in [5.74, 6) is 0.0846. The Kier molecular flexibility index (Phi) is 3.76. The molecule has 1 aromatic carbocycles. The van der Waals surface area contributed by atoms with Gasteiger partial charge in [-0.1, -0.05) is 17.7 Å². The summed E-state index contributed by atoms with van der Waals surface area (Å²) in [6.07, 6.45) is -3.66. The van der Waals surface area contributed by atoms with Crippen molar-refractivity contribution in [2.24, 2.45) is 0 Å². The van der Waals surface area contributed by atoms with Gasteiger partial charge in [-0.05, 0) is 24.6 Å². The Morgan fingerprint density at radius 3 is 2.50 bits per heavy atom. The normalized spacial score (nSPS) is 11.4. The second kappa shape index (κ2) is 5.20. The summed E-state index contributed by atoms with van der Waals surface area (Å²) < 4.78 is 43.1. The Morgan fingerprint density at radius 1 is 1.20 bits per heavy atom. The molecule has 7 heteroatoms. The smallest absolute Gasteiger partial charge is 0.433 e. The van der Waals surface area contributed by atoms with Crippen LogP contribution in [0.25, 0.3) is 0 Å². The average molecular weight is 303 g/mol. The molecule has 0 spiro atoms. The quantitative estimate of drug-likeness (QED) is 0.892. The zero-order chi connectivity index (χ0) is 14.9. The van der Waals surface area contributed by atoms with Gasteiger partial charge in [0.1, 0.15) is 11.4 Å². The molecule has 106 valence electrons. The van der Waals surface area contributed by atoms with Crippen LogP contribution in [-0.2, 0) is 6.18 Å². The number of aryl methyl sites for hydroxylation is 1. The first-order valence-corrected chi connectivity index (χ1v) is 5.92. The average Bonchev–Trinajstić information content (AvgIpc) is 2.33. The highest BCUT2D eigenvalue weighted by atomic mass is 35.5. The van der Waals surface area contributed by atoms with Gasteiger partial charge in [-0.2, -0.15) is 13.2 Å². The van der Waals surface area contributed by atoms with Gasteiger partial charge in [-0.3, -0.25) is 0 Å². The fourth-order valence-electron chi connectivity index (χ4n) is 1.50. The minimum atomic E-state index is -4.57. The van der Waals surface area contributed by atoms with Gasteiger partial charge in [0.15, 0.2) is 5.75 Å². The first kappa shape index (κ1) is 14.5. The highest BCUT2D eigenvalue weighted by Crippen LogP contribution is 2.36. The van der Waals surface area contributed by atoms with Gasteiger partial charge in [0, 0.05) is 6.07 Å². The van der Waals surface area contributed by atoms with Crippen LogP contribution in [0.4, 0.5) is 18.9 Å². The van der Waals surface area contributed by atoms with E-state index in [1.165, 1.54) is 0 Å². The van der Waals surface area contributed by atoms with Crippen molar-refractivity contribution in [2.45, 2.75) is 13.1 Å². The lowest BCUT2D eigenvalue weighted by molar-refractivity contribution is -0.141. The minimum absolute atomic E-state index is 0.00496. The molecule has 0 atom stereocenters. The molecule has 0 saturated heterocycles. The second-order valence-corrected chi connectivity index (χ2v) is 4.55. The molecule has 2 N–H and O–H groups in total. The number of nitrogens with two attached hydrogens (primary N) is 1. The molecule has 20 heavy (non-hydrogen) atoms. The molecule has 0 saturated carbocycles. The summed E-state index contributed by atoms with van der Waals surface area (Å²) in [6, 6.07) is 5.67. The maximum atomic E-state index is 12.6. The van der Waals surface area contributed by atoms with Crippen LogP contribution in [-0.4, -0.2) is 4.98 Å². The molecule has 1 aromatic heterocycles. The van der Waals surface area contributed by atoms with E-state index >= 15 is 0 Å². The number of alkyl halides is 3. The van der Waals surface area contributed by atoms with E-state index < -0.39 is 11.9 Å². The van der Waals surface area contributed by atoms with Crippen molar-refractivity contribution in [3.8, 4) is 11.5 Å². The first-order valence-electron chi connectivity index (χ1n) is 5.54. The van der Waals surface area contributed by atoms with Gasteiger partial charge in [-0.25, -0.2) is 4.98 Å². The first-order chi connectivity index (χ1) is 9.27. The Bertz CT molecular complexity index is 644.